The van der Waals surface area contributed by atoms with Gasteiger partial charge in [-0.05, 0) is 43.5 Å². The molecule has 0 radical (unpaired) electrons. The number of rotatable bonds is 1. The van der Waals surface area contributed by atoms with Crippen molar-refractivity contribution < 1.29 is 9.18 Å². The molecule has 20 heavy (non-hydrogen) atoms. The summed E-state index contributed by atoms with van der Waals surface area (Å²) < 4.78 is 13.2. The van der Waals surface area contributed by atoms with E-state index < -0.39 is 5.95 Å². The van der Waals surface area contributed by atoms with E-state index in [1.54, 1.807) is 11.0 Å². The van der Waals surface area contributed by atoms with Crippen LogP contribution in [0.5, 0.6) is 0 Å². The van der Waals surface area contributed by atoms with E-state index in [2.05, 4.69) is 11.1 Å². The van der Waals surface area contributed by atoms with Crippen molar-refractivity contribution in [3.05, 3.63) is 59.2 Å². The van der Waals surface area contributed by atoms with Gasteiger partial charge in [0.1, 0.15) is 5.69 Å². The van der Waals surface area contributed by atoms with Crippen molar-refractivity contribution in [2.45, 2.75) is 19.8 Å². The van der Waals surface area contributed by atoms with Gasteiger partial charge in [0.2, 0.25) is 5.95 Å². The summed E-state index contributed by atoms with van der Waals surface area (Å²) in [4.78, 5) is 17.9. The average Bonchev–Trinajstić information content (AvgIpc) is 2.45. The molecule has 3 nitrogen and oxygen atoms in total. The van der Waals surface area contributed by atoms with Crippen molar-refractivity contribution in [2.75, 3.05) is 11.4 Å². The first kappa shape index (κ1) is 12.8. The number of pyridine rings is 1. The zero-order valence-corrected chi connectivity index (χ0v) is 11.3. The Bertz CT molecular complexity index is 669. The maximum Gasteiger partial charge on any atom is 0.276 e. The number of hydrogen-bond acceptors (Lipinski definition) is 2. The van der Waals surface area contributed by atoms with Crippen LogP contribution in [-0.4, -0.2) is 17.4 Å². The first-order valence-electron chi connectivity index (χ1n) is 6.69. The smallest absolute Gasteiger partial charge is 0.276 e. The Morgan fingerprint density at radius 3 is 2.95 bits per heavy atom. The second-order valence-corrected chi connectivity index (χ2v) is 5.04. The number of anilines is 1. The fraction of sp³-hybridized carbons (Fsp3) is 0.250. The second kappa shape index (κ2) is 5.04. The predicted molar refractivity (Wildman–Crippen MR) is 75.4 cm³/mol. The predicted octanol–water partition coefficient (Wildman–Crippen LogP) is 3.12. The summed E-state index contributed by atoms with van der Waals surface area (Å²) in [5, 5.41) is 0. The topological polar surface area (TPSA) is 33.2 Å². The SMILES string of the molecule is Cc1ccc2c(c1)CCCN2C(=O)c1cccc(F)n1. The Hall–Kier alpha value is -2.23. The molecule has 0 saturated carbocycles. The summed E-state index contributed by atoms with van der Waals surface area (Å²) in [6.45, 7) is 2.68. The number of aryl methyl sites for hydroxylation is 2. The molecule has 0 aliphatic carbocycles. The number of nitrogens with zero attached hydrogens (tertiary/aromatic N) is 2. The Morgan fingerprint density at radius 2 is 2.15 bits per heavy atom. The monoisotopic (exact) mass is 270 g/mol. The van der Waals surface area contributed by atoms with E-state index in [0.717, 1.165) is 18.5 Å². The molecule has 1 aromatic heterocycles. The summed E-state index contributed by atoms with van der Waals surface area (Å²) in [5.74, 6) is -0.869. The maximum absolute atomic E-state index is 13.2. The van der Waals surface area contributed by atoms with Crippen molar-refractivity contribution >= 4 is 11.6 Å². The maximum atomic E-state index is 13.2. The highest BCUT2D eigenvalue weighted by atomic mass is 19.1. The first-order valence-corrected chi connectivity index (χ1v) is 6.69. The van der Waals surface area contributed by atoms with Gasteiger partial charge in [-0.15, -0.1) is 0 Å². The highest BCUT2D eigenvalue weighted by molar-refractivity contribution is 6.05. The van der Waals surface area contributed by atoms with E-state index in [9.17, 15) is 9.18 Å². The van der Waals surface area contributed by atoms with Crippen LogP contribution in [0.25, 0.3) is 0 Å². The molecule has 0 saturated heterocycles. The zero-order chi connectivity index (χ0) is 14.1. The van der Waals surface area contributed by atoms with Crippen molar-refractivity contribution in [3.63, 3.8) is 0 Å². The minimum Gasteiger partial charge on any atom is -0.307 e. The van der Waals surface area contributed by atoms with Gasteiger partial charge in [0.05, 0.1) is 0 Å². The number of benzene rings is 1. The zero-order valence-electron chi connectivity index (χ0n) is 11.3. The van der Waals surface area contributed by atoms with Gasteiger partial charge in [-0.3, -0.25) is 4.79 Å². The molecule has 2 heterocycles. The summed E-state index contributed by atoms with van der Waals surface area (Å²) in [6.07, 6.45) is 1.88. The molecule has 0 atom stereocenters. The molecule has 0 unspecified atom stereocenters. The number of aromatic nitrogens is 1. The van der Waals surface area contributed by atoms with Crippen molar-refractivity contribution in [3.8, 4) is 0 Å². The number of amides is 1. The van der Waals surface area contributed by atoms with Crippen LogP contribution in [0.1, 0.15) is 28.0 Å². The van der Waals surface area contributed by atoms with Crippen molar-refractivity contribution in [1.82, 2.24) is 4.98 Å². The fourth-order valence-corrected chi connectivity index (χ4v) is 2.60. The van der Waals surface area contributed by atoms with E-state index in [1.807, 2.05) is 19.1 Å². The van der Waals surface area contributed by atoms with E-state index in [4.69, 9.17) is 0 Å². The van der Waals surface area contributed by atoms with Gasteiger partial charge in [0.15, 0.2) is 0 Å². The third kappa shape index (κ3) is 2.29. The third-order valence-electron chi connectivity index (χ3n) is 3.53. The molecule has 1 aliphatic rings. The van der Waals surface area contributed by atoms with E-state index in [-0.39, 0.29) is 11.6 Å². The molecular weight excluding hydrogens is 255 g/mol. The quantitative estimate of drug-likeness (QED) is 0.746. The van der Waals surface area contributed by atoms with E-state index in [0.29, 0.717) is 6.54 Å². The van der Waals surface area contributed by atoms with Crippen molar-refractivity contribution in [2.24, 2.45) is 0 Å². The Kier molecular flexibility index (Phi) is 3.22. The normalized spacial score (nSPS) is 14.0. The lowest BCUT2D eigenvalue weighted by Gasteiger charge is -2.29. The Morgan fingerprint density at radius 1 is 1.30 bits per heavy atom. The molecule has 102 valence electrons. The number of carbonyl (C=O) groups is 1. The van der Waals surface area contributed by atoms with Crippen molar-refractivity contribution in [1.29, 1.82) is 0 Å². The molecule has 1 aromatic carbocycles. The average molecular weight is 270 g/mol. The number of hydrogen-bond donors (Lipinski definition) is 0. The number of fused-ring (bicyclic) bond motifs is 1. The molecule has 0 N–H and O–H groups in total. The van der Waals surface area contributed by atoms with Gasteiger partial charge in [-0.2, -0.15) is 4.39 Å². The van der Waals surface area contributed by atoms with Crippen LogP contribution in [0.4, 0.5) is 10.1 Å². The number of carbonyl (C=O) groups excluding carboxylic acids is 1. The molecule has 2 aromatic rings. The molecule has 0 fully saturated rings. The molecule has 1 amide bonds. The van der Waals surface area contributed by atoms with Crippen LogP contribution in [0.2, 0.25) is 0 Å². The molecule has 0 bridgehead atoms. The van der Waals surface area contributed by atoms with E-state index in [1.165, 1.54) is 23.3 Å². The van der Waals surface area contributed by atoms with Gasteiger partial charge in [-0.25, -0.2) is 4.98 Å². The summed E-state index contributed by atoms with van der Waals surface area (Å²) in [5.41, 5.74) is 3.42. The van der Waals surface area contributed by atoms with Crippen LogP contribution in [0.3, 0.4) is 0 Å². The van der Waals surface area contributed by atoms with Gasteiger partial charge in [-0.1, -0.05) is 23.8 Å². The molecule has 0 spiro atoms. The Balaban J connectivity index is 1.98. The Labute approximate surface area is 117 Å². The van der Waals surface area contributed by atoms with Crippen LogP contribution >= 0.6 is 0 Å². The van der Waals surface area contributed by atoms with Gasteiger partial charge >= 0.3 is 0 Å². The highest BCUT2D eigenvalue weighted by Crippen LogP contribution is 2.28. The molecule has 4 heteroatoms. The first-order chi connectivity index (χ1) is 9.65. The van der Waals surface area contributed by atoms with Gasteiger partial charge < -0.3 is 4.90 Å². The minimum atomic E-state index is -0.628. The summed E-state index contributed by atoms with van der Waals surface area (Å²) in [6, 6.07) is 10.4. The molecule has 1 aliphatic heterocycles. The minimum absolute atomic E-state index is 0.151. The lowest BCUT2D eigenvalue weighted by Crippen LogP contribution is -2.36. The second-order valence-electron chi connectivity index (χ2n) is 5.04. The largest absolute Gasteiger partial charge is 0.307 e. The third-order valence-corrected chi connectivity index (χ3v) is 3.53. The lowest BCUT2D eigenvalue weighted by molar-refractivity contribution is 0.0979. The van der Waals surface area contributed by atoms with Gasteiger partial charge in [0, 0.05) is 12.2 Å². The fourth-order valence-electron chi connectivity index (χ4n) is 2.60. The van der Waals surface area contributed by atoms with Crippen LogP contribution in [0.15, 0.2) is 36.4 Å². The van der Waals surface area contributed by atoms with Crippen LogP contribution in [0, 0.1) is 12.9 Å². The summed E-state index contributed by atoms with van der Waals surface area (Å²) >= 11 is 0. The molecule has 3 rings (SSSR count). The molecular formula is C16H15FN2O. The highest BCUT2D eigenvalue weighted by Gasteiger charge is 2.24. The van der Waals surface area contributed by atoms with Crippen LogP contribution < -0.4 is 4.90 Å². The van der Waals surface area contributed by atoms with Gasteiger partial charge in [0.25, 0.3) is 5.91 Å². The lowest BCUT2D eigenvalue weighted by atomic mass is 9.99. The van der Waals surface area contributed by atoms with Crippen LogP contribution in [-0.2, 0) is 6.42 Å². The standard InChI is InChI=1S/C16H15FN2O/c1-11-7-8-14-12(10-11)4-3-9-19(14)16(20)13-5-2-6-15(17)18-13/h2,5-8,10H,3-4,9H2,1H3. The number of halogens is 1. The summed E-state index contributed by atoms with van der Waals surface area (Å²) in [7, 11) is 0. The van der Waals surface area contributed by atoms with E-state index >= 15 is 0 Å².